The molecule has 0 atom stereocenters. The van der Waals surface area contributed by atoms with E-state index in [1.807, 2.05) is 6.08 Å². The van der Waals surface area contributed by atoms with Crippen LogP contribution in [0.1, 0.15) is 90.4 Å². The molecule has 0 spiro atoms. The van der Waals surface area contributed by atoms with Crippen LogP contribution in [0.25, 0.3) is 0 Å². The van der Waals surface area contributed by atoms with Crippen molar-refractivity contribution in [3.63, 3.8) is 0 Å². The van der Waals surface area contributed by atoms with Crippen LogP contribution in [0.2, 0.25) is 0 Å². The summed E-state index contributed by atoms with van der Waals surface area (Å²) >= 11 is 0. The van der Waals surface area contributed by atoms with Gasteiger partial charge in [0.25, 0.3) is 0 Å². The van der Waals surface area contributed by atoms with Crippen LogP contribution in [0, 0.1) is 35.0 Å². The van der Waals surface area contributed by atoms with Crippen molar-refractivity contribution >= 4 is 0 Å². The zero-order chi connectivity index (χ0) is 19.5. The monoisotopic (exact) mass is 371 g/mol. The number of nitriles is 1. The van der Waals surface area contributed by atoms with Crippen molar-refractivity contribution in [3.8, 4) is 6.07 Å². The maximum atomic E-state index is 12.7. The lowest BCUT2D eigenvalue weighted by Gasteiger charge is -2.36. The molecule has 0 aromatic heterocycles. The van der Waals surface area contributed by atoms with Crippen molar-refractivity contribution in [1.82, 2.24) is 0 Å². The molecule has 2 fully saturated rings. The van der Waals surface area contributed by atoms with Gasteiger partial charge in [0.15, 0.2) is 5.83 Å². The molecule has 0 heterocycles. The summed E-state index contributed by atoms with van der Waals surface area (Å²) < 4.78 is 12.7. The van der Waals surface area contributed by atoms with Crippen molar-refractivity contribution in [1.29, 1.82) is 5.26 Å². The second-order valence-electron chi connectivity index (χ2n) is 8.78. The molecule has 2 heteroatoms. The smallest absolute Gasteiger partial charge is 0.195 e. The van der Waals surface area contributed by atoms with Crippen molar-refractivity contribution < 1.29 is 4.39 Å². The average molecular weight is 372 g/mol. The Kier molecular flexibility index (Phi) is 9.89. The molecule has 150 valence electrons. The lowest BCUT2D eigenvalue weighted by Crippen LogP contribution is -2.23. The summed E-state index contributed by atoms with van der Waals surface area (Å²) in [4.78, 5) is 0. The first-order valence-electron chi connectivity index (χ1n) is 11.2. The quantitative estimate of drug-likeness (QED) is 0.228. The molecule has 0 unspecified atom stereocenters. The van der Waals surface area contributed by atoms with Crippen molar-refractivity contribution in [2.45, 2.75) is 90.4 Å². The van der Waals surface area contributed by atoms with Crippen LogP contribution in [0.5, 0.6) is 0 Å². The van der Waals surface area contributed by atoms with E-state index in [1.165, 1.54) is 89.2 Å². The number of halogens is 1. The van der Waals surface area contributed by atoms with E-state index in [0.717, 1.165) is 30.1 Å². The molecule has 2 aliphatic carbocycles. The lowest BCUT2D eigenvalue weighted by atomic mass is 9.70. The van der Waals surface area contributed by atoms with Crippen molar-refractivity contribution in [2.75, 3.05) is 0 Å². The van der Waals surface area contributed by atoms with Gasteiger partial charge in [0.05, 0.1) is 0 Å². The molecule has 0 aliphatic heterocycles. The van der Waals surface area contributed by atoms with E-state index in [-0.39, 0.29) is 0 Å². The Hall–Kier alpha value is -1.36. The highest BCUT2D eigenvalue weighted by Gasteiger charge is 2.29. The molecule has 0 aromatic rings. The highest BCUT2D eigenvalue weighted by atomic mass is 19.1. The molecule has 0 amide bonds. The van der Waals surface area contributed by atoms with Gasteiger partial charge in [-0.3, -0.25) is 0 Å². The van der Waals surface area contributed by atoms with Crippen LogP contribution in [0.15, 0.2) is 36.2 Å². The molecule has 1 nitrogen and oxygen atoms in total. The Morgan fingerprint density at radius 3 is 2.07 bits per heavy atom. The predicted octanol–water partition coefficient (Wildman–Crippen LogP) is 8.06. The molecular formula is C25H38FN. The van der Waals surface area contributed by atoms with Crippen LogP contribution in [-0.4, -0.2) is 0 Å². The Balaban J connectivity index is 1.64. The number of hydrogen-bond acceptors (Lipinski definition) is 1. The zero-order valence-electron chi connectivity index (χ0n) is 17.3. The van der Waals surface area contributed by atoms with Gasteiger partial charge in [0.1, 0.15) is 6.07 Å². The van der Waals surface area contributed by atoms with Gasteiger partial charge < -0.3 is 0 Å². The van der Waals surface area contributed by atoms with E-state index in [4.69, 9.17) is 5.26 Å². The van der Waals surface area contributed by atoms with Crippen molar-refractivity contribution in [2.24, 2.45) is 23.7 Å². The SMILES string of the molecule is C=C([C@H]1CC[C@H](CC/C=C/C=C(\F)C#N)CC1)[C@H]1CC[C@H](CCCC)CC1. The molecule has 0 aromatic carbocycles. The third-order valence-corrected chi connectivity index (χ3v) is 6.94. The van der Waals surface area contributed by atoms with Gasteiger partial charge in [-0.1, -0.05) is 50.5 Å². The first-order valence-corrected chi connectivity index (χ1v) is 11.2. The van der Waals surface area contributed by atoms with Gasteiger partial charge in [0.2, 0.25) is 0 Å². The van der Waals surface area contributed by atoms with Crippen LogP contribution in [-0.2, 0) is 0 Å². The Labute approximate surface area is 166 Å². The summed E-state index contributed by atoms with van der Waals surface area (Å²) in [5, 5.41) is 8.37. The van der Waals surface area contributed by atoms with E-state index in [2.05, 4.69) is 13.5 Å². The molecule has 0 saturated heterocycles. The Bertz CT molecular complexity index is 537. The summed E-state index contributed by atoms with van der Waals surface area (Å²) in [6.45, 7) is 6.84. The predicted molar refractivity (Wildman–Crippen MR) is 113 cm³/mol. The normalized spacial score (nSPS) is 29.6. The molecular weight excluding hydrogens is 333 g/mol. The highest BCUT2D eigenvalue weighted by molar-refractivity contribution is 5.18. The first-order chi connectivity index (χ1) is 13.1. The Morgan fingerprint density at radius 1 is 1.00 bits per heavy atom. The topological polar surface area (TPSA) is 23.8 Å². The third kappa shape index (κ3) is 7.65. The molecule has 2 rings (SSSR count). The van der Waals surface area contributed by atoms with Crippen LogP contribution in [0.3, 0.4) is 0 Å². The summed E-state index contributed by atoms with van der Waals surface area (Å²) in [6, 6.07) is 1.49. The summed E-state index contributed by atoms with van der Waals surface area (Å²) in [6.07, 6.45) is 22.1. The standard InChI is InChI=1S/C25H38FN/c1-3-4-8-21-11-15-23(16-12-21)20(2)24-17-13-22(14-18-24)9-6-5-7-10-25(26)19-27/h5,7,10,21-24H,2-4,6,8-9,11-18H2,1H3/b7-5+,25-10-/t21-,22-,23-,24-. The summed E-state index contributed by atoms with van der Waals surface area (Å²) in [5.41, 5.74) is 1.57. The minimum Gasteiger partial charge on any atom is -0.195 e. The molecule has 0 N–H and O–H groups in total. The minimum absolute atomic E-state index is 0.718. The number of hydrogen-bond donors (Lipinski definition) is 0. The fourth-order valence-electron chi connectivity index (χ4n) is 5.09. The second kappa shape index (κ2) is 12.2. The largest absolute Gasteiger partial charge is 0.199 e. The fourth-order valence-corrected chi connectivity index (χ4v) is 5.09. The molecule has 2 saturated carbocycles. The molecule has 0 radical (unpaired) electrons. The summed E-state index contributed by atoms with van der Waals surface area (Å²) in [7, 11) is 0. The number of nitrogens with zero attached hydrogens (tertiary/aromatic N) is 1. The maximum Gasteiger partial charge on any atom is 0.199 e. The van der Waals surface area contributed by atoms with Gasteiger partial charge in [-0.2, -0.15) is 9.65 Å². The third-order valence-electron chi connectivity index (χ3n) is 6.94. The van der Waals surface area contributed by atoms with E-state index >= 15 is 0 Å². The van der Waals surface area contributed by atoms with E-state index in [9.17, 15) is 4.39 Å². The van der Waals surface area contributed by atoms with E-state index in [1.54, 1.807) is 11.6 Å². The van der Waals surface area contributed by atoms with E-state index in [0.29, 0.717) is 0 Å². The summed E-state index contributed by atoms with van der Waals surface area (Å²) in [5.74, 6) is 2.60. The van der Waals surface area contributed by atoms with Gasteiger partial charge >= 0.3 is 0 Å². The minimum atomic E-state index is -0.718. The molecule has 27 heavy (non-hydrogen) atoms. The van der Waals surface area contributed by atoms with Crippen LogP contribution < -0.4 is 0 Å². The maximum absolute atomic E-state index is 12.7. The molecule has 2 aliphatic rings. The average Bonchev–Trinajstić information content (AvgIpc) is 2.72. The lowest BCUT2D eigenvalue weighted by molar-refractivity contribution is 0.240. The number of allylic oxidation sites excluding steroid dienone is 5. The fraction of sp³-hybridized carbons (Fsp3) is 0.720. The van der Waals surface area contributed by atoms with Gasteiger partial charge in [-0.25, -0.2) is 0 Å². The number of unbranched alkanes of at least 4 members (excludes halogenated alkanes) is 1. The Morgan fingerprint density at radius 2 is 1.56 bits per heavy atom. The zero-order valence-corrected chi connectivity index (χ0v) is 17.3. The highest BCUT2D eigenvalue weighted by Crippen LogP contribution is 2.42. The van der Waals surface area contributed by atoms with E-state index < -0.39 is 5.83 Å². The van der Waals surface area contributed by atoms with Crippen LogP contribution >= 0.6 is 0 Å². The van der Waals surface area contributed by atoms with Gasteiger partial charge in [-0.15, -0.1) is 0 Å². The van der Waals surface area contributed by atoms with Gasteiger partial charge in [0, 0.05) is 0 Å². The van der Waals surface area contributed by atoms with Crippen LogP contribution in [0.4, 0.5) is 4.39 Å². The van der Waals surface area contributed by atoms with Crippen molar-refractivity contribution in [3.05, 3.63) is 36.2 Å². The first kappa shape index (κ1) is 21.9. The second-order valence-corrected chi connectivity index (χ2v) is 8.78. The molecule has 0 bridgehead atoms. The van der Waals surface area contributed by atoms with Gasteiger partial charge in [-0.05, 0) is 94.0 Å². The number of rotatable bonds is 9.